The molecule has 0 bridgehead atoms. The van der Waals surface area contributed by atoms with Gasteiger partial charge in [-0.1, -0.05) is 12.1 Å². The van der Waals surface area contributed by atoms with E-state index in [-0.39, 0.29) is 18.1 Å². The normalized spacial score (nSPS) is 10.2. The molecule has 1 N–H and O–H groups in total. The first kappa shape index (κ1) is 17.5. The zero-order valence-corrected chi connectivity index (χ0v) is 14.2. The summed E-state index contributed by atoms with van der Waals surface area (Å²) in [7, 11) is 6.26. The molecule has 0 saturated heterocycles. The quantitative estimate of drug-likeness (QED) is 0.881. The predicted octanol–water partition coefficient (Wildman–Crippen LogP) is 2.62. The Bertz CT molecular complexity index is 687. The van der Waals surface area contributed by atoms with Crippen LogP contribution in [0.5, 0.6) is 23.0 Å². The highest BCUT2D eigenvalue weighted by Crippen LogP contribution is 2.41. The molecule has 2 aromatic carbocycles. The smallest absolute Gasteiger partial charge is 0.231 e. The Hall–Kier alpha value is -2.89. The van der Waals surface area contributed by atoms with Crippen molar-refractivity contribution >= 4 is 11.6 Å². The molecule has 0 spiro atoms. The third kappa shape index (κ3) is 3.71. The molecule has 0 aliphatic carbocycles. The fourth-order valence-corrected chi connectivity index (χ4v) is 2.35. The fraction of sp³-hybridized carbons (Fsp3) is 0.278. The van der Waals surface area contributed by atoms with Crippen LogP contribution in [0.3, 0.4) is 0 Å². The van der Waals surface area contributed by atoms with Crippen LogP contribution in [0.2, 0.25) is 0 Å². The van der Waals surface area contributed by atoms with E-state index in [0.717, 1.165) is 5.56 Å². The number of hydrogen-bond donors (Lipinski definition) is 1. The lowest BCUT2D eigenvalue weighted by atomic mass is 10.1. The second-order valence-corrected chi connectivity index (χ2v) is 5.18. The second-order valence-electron chi connectivity index (χ2n) is 5.18. The van der Waals surface area contributed by atoms with Crippen molar-refractivity contribution in [2.24, 2.45) is 0 Å². The summed E-state index contributed by atoms with van der Waals surface area (Å²) in [5, 5.41) is 9.32. The van der Waals surface area contributed by atoms with Crippen molar-refractivity contribution in [2.75, 3.05) is 33.3 Å². The van der Waals surface area contributed by atoms with Gasteiger partial charge in [0.15, 0.2) is 0 Å². The van der Waals surface area contributed by atoms with E-state index in [9.17, 15) is 9.90 Å². The number of carbonyl (C=O) groups is 1. The minimum Gasteiger partial charge on any atom is -0.508 e. The Morgan fingerprint density at radius 1 is 1.00 bits per heavy atom. The summed E-state index contributed by atoms with van der Waals surface area (Å²) in [6.07, 6.45) is 0.190. The molecule has 0 saturated carbocycles. The Morgan fingerprint density at radius 3 is 2.00 bits per heavy atom. The van der Waals surface area contributed by atoms with Crippen LogP contribution in [0, 0.1) is 0 Å². The van der Waals surface area contributed by atoms with Crippen LogP contribution in [0.25, 0.3) is 0 Å². The molecule has 0 aromatic heterocycles. The number of methoxy groups -OCH3 is 3. The molecule has 128 valence electrons. The summed E-state index contributed by atoms with van der Waals surface area (Å²) < 4.78 is 16.0. The standard InChI is InChI=1S/C18H21NO5/c1-19(17(21)9-12-5-7-13(20)8-6-12)18-15(23-3)10-14(22-2)11-16(18)24-4/h5-8,10-11,20H,9H2,1-4H3. The molecule has 0 aliphatic rings. The van der Waals surface area contributed by atoms with E-state index in [2.05, 4.69) is 0 Å². The van der Waals surface area contributed by atoms with Gasteiger partial charge in [0.05, 0.1) is 27.8 Å². The lowest BCUT2D eigenvalue weighted by Crippen LogP contribution is -2.28. The van der Waals surface area contributed by atoms with E-state index >= 15 is 0 Å². The minimum absolute atomic E-state index is 0.137. The summed E-state index contributed by atoms with van der Waals surface area (Å²) in [6, 6.07) is 9.92. The van der Waals surface area contributed by atoms with Crippen molar-refractivity contribution in [3.63, 3.8) is 0 Å². The highest BCUT2D eigenvalue weighted by atomic mass is 16.5. The Balaban J connectivity index is 2.32. The van der Waals surface area contributed by atoms with Crippen LogP contribution in [-0.2, 0) is 11.2 Å². The van der Waals surface area contributed by atoms with Gasteiger partial charge in [-0.15, -0.1) is 0 Å². The highest BCUT2D eigenvalue weighted by molar-refractivity contribution is 5.97. The largest absolute Gasteiger partial charge is 0.508 e. The van der Waals surface area contributed by atoms with Gasteiger partial charge in [-0.3, -0.25) is 4.79 Å². The number of phenols is 1. The lowest BCUT2D eigenvalue weighted by Gasteiger charge is -2.23. The zero-order valence-electron chi connectivity index (χ0n) is 14.2. The van der Waals surface area contributed by atoms with E-state index in [1.165, 1.54) is 19.1 Å². The van der Waals surface area contributed by atoms with Crippen molar-refractivity contribution < 1.29 is 24.1 Å². The van der Waals surface area contributed by atoms with Gasteiger partial charge in [0.1, 0.15) is 28.7 Å². The average molecular weight is 331 g/mol. The third-order valence-corrected chi connectivity index (χ3v) is 3.69. The van der Waals surface area contributed by atoms with Crippen LogP contribution in [0.4, 0.5) is 5.69 Å². The topological polar surface area (TPSA) is 68.2 Å². The molecular formula is C18H21NO5. The fourth-order valence-electron chi connectivity index (χ4n) is 2.35. The average Bonchev–Trinajstić information content (AvgIpc) is 2.61. The molecule has 0 fully saturated rings. The van der Waals surface area contributed by atoms with Gasteiger partial charge in [-0.25, -0.2) is 0 Å². The van der Waals surface area contributed by atoms with Crippen molar-refractivity contribution in [1.82, 2.24) is 0 Å². The Morgan fingerprint density at radius 2 is 1.54 bits per heavy atom. The molecule has 2 aromatic rings. The maximum absolute atomic E-state index is 12.6. The van der Waals surface area contributed by atoms with Crippen LogP contribution in [0.1, 0.15) is 5.56 Å². The molecule has 0 aliphatic heterocycles. The molecule has 0 radical (unpaired) electrons. The van der Waals surface area contributed by atoms with Crippen molar-refractivity contribution in [3.8, 4) is 23.0 Å². The van der Waals surface area contributed by atoms with Gasteiger partial charge in [-0.2, -0.15) is 0 Å². The molecule has 6 heteroatoms. The summed E-state index contributed by atoms with van der Waals surface area (Å²) in [5.74, 6) is 1.56. The van der Waals surface area contributed by atoms with Crippen molar-refractivity contribution in [2.45, 2.75) is 6.42 Å². The number of anilines is 1. The van der Waals surface area contributed by atoms with Gasteiger partial charge in [-0.05, 0) is 17.7 Å². The molecular weight excluding hydrogens is 310 g/mol. The molecule has 1 amide bonds. The maximum atomic E-state index is 12.6. The summed E-state index contributed by atoms with van der Waals surface area (Å²) in [4.78, 5) is 14.1. The van der Waals surface area contributed by atoms with Gasteiger partial charge in [0, 0.05) is 19.2 Å². The van der Waals surface area contributed by atoms with Crippen LogP contribution in [-0.4, -0.2) is 39.4 Å². The monoisotopic (exact) mass is 331 g/mol. The van der Waals surface area contributed by atoms with Gasteiger partial charge in [0.25, 0.3) is 0 Å². The predicted molar refractivity (Wildman–Crippen MR) is 91.3 cm³/mol. The second kappa shape index (κ2) is 7.59. The third-order valence-electron chi connectivity index (χ3n) is 3.69. The first-order chi connectivity index (χ1) is 11.5. The molecule has 0 heterocycles. The summed E-state index contributed by atoms with van der Waals surface area (Å²) >= 11 is 0. The van der Waals surface area contributed by atoms with E-state index in [1.54, 1.807) is 50.6 Å². The molecule has 2 rings (SSSR count). The van der Waals surface area contributed by atoms with Crippen LogP contribution < -0.4 is 19.1 Å². The molecule has 6 nitrogen and oxygen atoms in total. The number of carbonyl (C=O) groups excluding carboxylic acids is 1. The minimum atomic E-state index is -0.137. The number of rotatable bonds is 6. The number of nitrogens with zero attached hydrogens (tertiary/aromatic N) is 1. The van der Waals surface area contributed by atoms with Crippen LogP contribution >= 0.6 is 0 Å². The number of hydrogen-bond acceptors (Lipinski definition) is 5. The molecule has 24 heavy (non-hydrogen) atoms. The van der Waals surface area contributed by atoms with E-state index < -0.39 is 0 Å². The zero-order chi connectivity index (χ0) is 17.7. The van der Waals surface area contributed by atoms with E-state index in [0.29, 0.717) is 22.9 Å². The number of benzene rings is 2. The maximum Gasteiger partial charge on any atom is 0.231 e. The molecule has 0 atom stereocenters. The number of amides is 1. The van der Waals surface area contributed by atoms with Crippen molar-refractivity contribution in [1.29, 1.82) is 0 Å². The van der Waals surface area contributed by atoms with Gasteiger partial charge < -0.3 is 24.2 Å². The number of likely N-dealkylation sites (N-methyl/N-ethyl adjacent to an activating group) is 1. The summed E-state index contributed by atoms with van der Waals surface area (Å²) in [6.45, 7) is 0. The van der Waals surface area contributed by atoms with Gasteiger partial charge in [0.2, 0.25) is 5.91 Å². The number of ether oxygens (including phenoxy) is 3. The van der Waals surface area contributed by atoms with E-state index in [1.807, 2.05) is 0 Å². The Kier molecular flexibility index (Phi) is 5.52. The first-order valence-electron chi connectivity index (χ1n) is 7.34. The SMILES string of the molecule is COc1cc(OC)c(N(C)C(=O)Cc2ccc(O)cc2)c(OC)c1. The lowest BCUT2D eigenvalue weighted by molar-refractivity contribution is -0.117. The number of phenolic OH excluding ortho intramolecular Hbond substituents is 1. The van der Waals surface area contributed by atoms with E-state index in [4.69, 9.17) is 14.2 Å². The number of aromatic hydroxyl groups is 1. The van der Waals surface area contributed by atoms with Crippen molar-refractivity contribution in [3.05, 3.63) is 42.0 Å². The Labute approximate surface area is 141 Å². The van der Waals surface area contributed by atoms with Gasteiger partial charge >= 0.3 is 0 Å². The summed E-state index contributed by atoms with van der Waals surface area (Å²) in [5.41, 5.74) is 1.33. The van der Waals surface area contributed by atoms with Crippen LogP contribution in [0.15, 0.2) is 36.4 Å². The molecule has 0 unspecified atom stereocenters. The highest BCUT2D eigenvalue weighted by Gasteiger charge is 2.21. The first-order valence-corrected chi connectivity index (χ1v) is 7.34.